The lowest BCUT2D eigenvalue weighted by Gasteiger charge is -2.28. The van der Waals surface area contributed by atoms with Crippen molar-refractivity contribution in [2.75, 3.05) is 43.0 Å². The van der Waals surface area contributed by atoms with Gasteiger partial charge in [0.25, 0.3) is 0 Å². The van der Waals surface area contributed by atoms with E-state index < -0.39 is 0 Å². The lowest BCUT2D eigenvalue weighted by atomic mass is 10.0. The van der Waals surface area contributed by atoms with Crippen molar-refractivity contribution in [2.45, 2.75) is 6.04 Å². The van der Waals surface area contributed by atoms with E-state index in [1.165, 1.54) is 22.5 Å². The SMILES string of the molecule is CN(C)c1cccc(C=CC2=CC(c3cccc(N(C)C)c3)N(c3ccccc3)N2)c1. The first-order valence-corrected chi connectivity index (χ1v) is 10.6. The highest BCUT2D eigenvalue weighted by Crippen LogP contribution is 2.33. The molecular weight excluding hydrogens is 380 g/mol. The van der Waals surface area contributed by atoms with Crippen LogP contribution in [0, 0.1) is 0 Å². The largest absolute Gasteiger partial charge is 0.378 e. The Bertz CT molecular complexity index is 1080. The Morgan fingerprint density at radius 3 is 2.13 bits per heavy atom. The van der Waals surface area contributed by atoms with Crippen LogP contribution < -0.4 is 20.2 Å². The number of hydrogen-bond acceptors (Lipinski definition) is 4. The molecule has 0 saturated carbocycles. The van der Waals surface area contributed by atoms with Gasteiger partial charge in [-0.15, -0.1) is 0 Å². The molecule has 0 saturated heterocycles. The Hall–Kier alpha value is -3.66. The van der Waals surface area contributed by atoms with Crippen molar-refractivity contribution in [3.8, 4) is 0 Å². The van der Waals surface area contributed by atoms with E-state index >= 15 is 0 Å². The van der Waals surface area contributed by atoms with E-state index in [9.17, 15) is 0 Å². The monoisotopic (exact) mass is 410 g/mol. The average molecular weight is 411 g/mol. The van der Waals surface area contributed by atoms with E-state index in [1.54, 1.807) is 0 Å². The molecule has 0 aromatic heterocycles. The average Bonchev–Trinajstić information content (AvgIpc) is 3.23. The topological polar surface area (TPSA) is 21.8 Å². The number of nitrogens with one attached hydrogen (secondary N) is 1. The van der Waals surface area contributed by atoms with Crippen LogP contribution in [-0.4, -0.2) is 28.2 Å². The zero-order valence-corrected chi connectivity index (χ0v) is 18.7. The maximum Gasteiger partial charge on any atom is 0.0958 e. The number of hydrazine groups is 1. The smallest absolute Gasteiger partial charge is 0.0958 e. The molecule has 0 aliphatic carbocycles. The second-order valence-corrected chi connectivity index (χ2v) is 8.20. The van der Waals surface area contributed by atoms with Gasteiger partial charge >= 0.3 is 0 Å². The van der Waals surface area contributed by atoms with Gasteiger partial charge in [0.1, 0.15) is 0 Å². The molecule has 31 heavy (non-hydrogen) atoms. The molecule has 3 aromatic rings. The first-order valence-electron chi connectivity index (χ1n) is 10.6. The van der Waals surface area contributed by atoms with E-state index in [4.69, 9.17) is 0 Å². The highest BCUT2D eigenvalue weighted by atomic mass is 15.5. The van der Waals surface area contributed by atoms with Crippen molar-refractivity contribution in [1.82, 2.24) is 5.43 Å². The zero-order chi connectivity index (χ0) is 21.8. The maximum atomic E-state index is 3.60. The molecule has 4 nitrogen and oxygen atoms in total. The molecule has 1 N–H and O–H groups in total. The molecule has 4 heteroatoms. The molecule has 0 amide bonds. The van der Waals surface area contributed by atoms with Gasteiger partial charge < -0.3 is 9.80 Å². The summed E-state index contributed by atoms with van der Waals surface area (Å²) < 4.78 is 0. The van der Waals surface area contributed by atoms with E-state index in [0.29, 0.717) is 0 Å². The molecule has 1 atom stereocenters. The number of rotatable bonds is 6. The van der Waals surface area contributed by atoms with E-state index in [0.717, 1.165) is 11.4 Å². The lowest BCUT2D eigenvalue weighted by molar-refractivity contribution is 0.709. The van der Waals surface area contributed by atoms with E-state index in [2.05, 4.69) is 139 Å². The summed E-state index contributed by atoms with van der Waals surface area (Å²) in [6.07, 6.45) is 6.60. The Kier molecular flexibility index (Phi) is 5.99. The van der Waals surface area contributed by atoms with Gasteiger partial charge in [0.15, 0.2) is 0 Å². The second-order valence-electron chi connectivity index (χ2n) is 8.20. The van der Waals surface area contributed by atoms with Crippen molar-refractivity contribution in [3.63, 3.8) is 0 Å². The summed E-state index contributed by atoms with van der Waals surface area (Å²) in [4.78, 5) is 4.26. The summed E-state index contributed by atoms with van der Waals surface area (Å²) in [6, 6.07) is 27.8. The molecule has 0 spiro atoms. The van der Waals surface area contributed by atoms with Crippen LogP contribution in [-0.2, 0) is 0 Å². The lowest BCUT2D eigenvalue weighted by Crippen LogP contribution is -2.34. The van der Waals surface area contributed by atoms with Crippen LogP contribution in [0.4, 0.5) is 17.1 Å². The van der Waals surface area contributed by atoms with Crippen LogP contribution in [0.25, 0.3) is 6.08 Å². The third-order valence-corrected chi connectivity index (χ3v) is 5.47. The van der Waals surface area contributed by atoms with Crippen LogP contribution in [0.5, 0.6) is 0 Å². The van der Waals surface area contributed by atoms with E-state index in [1.807, 2.05) is 6.07 Å². The van der Waals surface area contributed by atoms with Gasteiger partial charge in [-0.1, -0.05) is 48.5 Å². The molecule has 0 radical (unpaired) electrons. The van der Waals surface area contributed by atoms with Crippen LogP contribution in [0.3, 0.4) is 0 Å². The van der Waals surface area contributed by atoms with Crippen LogP contribution in [0.1, 0.15) is 17.2 Å². The molecule has 1 aliphatic heterocycles. The van der Waals surface area contributed by atoms with Crippen LogP contribution in [0.15, 0.2) is 96.7 Å². The van der Waals surface area contributed by atoms with Gasteiger partial charge in [-0.25, -0.2) is 0 Å². The summed E-state index contributed by atoms with van der Waals surface area (Å²) in [5.41, 5.74) is 10.6. The number of allylic oxidation sites excluding steroid dienone is 1. The van der Waals surface area contributed by atoms with Gasteiger partial charge in [-0.05, 0) is 59.7 Å². The van der Waals surface area contributed by atoms with Crippen molar-refractivity contribution in [2.24, 2.45) is 0 Å². The first-order chi connectivity index (χ1) is 15.0. The Morgan fingerprint density at radius 1 is 0.742 bits per heavy atom. The fourth-order valence-electron chi connectivity index (χ4n) is 3.72. The third kappa shape index (κ3) is 4.75. The molecular formula is C27H30N4. The zero-order valence-electron chi connectivity index (χ0n) is 18.7. The molecule has 0 bridgehead atoms. The highest BCUT2D eigenvalue weighted by molar-refractivity contribution is 5.62. The summed E-state index contributed by atoms with van der Waals surface area (Å²) in [7, 11) is 8.28. The van der Waals surface area contributed by atoms with Crippen molar-refractivity contribution in [1.29, 1.82) is 0 Å². The van der Waals surface area contributed by atoms with Gasteiger partial charge in [-0.3, -0.25) is 10.4 Å². The minimum absolute atomic E-state index is 0.107. The molecule has 1 heterocycles. The summed E-state index contributed by atoms with van der Waals surface area (Å²) in [5.74, 6) is 0. The Balaban J connectivity index is 1.65. The van der Waals surface area contributed by atoms with Gasteiger partial charge in [0.05, 0.1) is 17.4 Å². The molecule has 1 aliphatic rings. The number of benzene rings is 3. The summed E-state index contributed by atoms with van der Waals surface area (Å²) >= 11 is 0. The highest BCUT2D eigenvalue weighted by Gasteiger charge is 2.25. The predicted octanol–water partition coefficient (Wildman–Crippen LogP) is 5.48. The fraction of sp³-hybridized carbons (Fsp3) is 0.185. The molecule has 158 valence electrons. The number of nitrogens with zero attached hydrogens (tertiary/aromatic N) is 3. The van der Waals surface area contributed by atoms with E-state index in [-0.39, 0.29) is 6.04 Å². The fourth-order valence-corrected chi connectivity index (χ4v) is 3.72. The molecule has 0 fully saturated rings. The number of para-hydroxylation sites is 1. The van der Waals surface area contributed by atoms with Gasteiger partial charge in [0.2, 0.25) is 0 Å². The molecule has 4 rings (SSSR count). The van der Waals surface area contributed by atoms with Gasteiger partial charge in [0, 0.05) is 39.6 Å². The summed E-state index contributed by atoms with van der Waals surface area (Å²) in [6.45, 7) is 0. The minimum atomic E-state index is 0.107. The molecule has 3 aromatic carbocycles. The number of anilines is 3. The first kappa shape index (κ1) is 20.6. The Morgan fingerprint density at radius 2 is 1.42 bits per heavy atom. The Labute approximate surface area is 185 Å². The standard InChI is InChI=1S/C27H30N4/c1-29(2)25-14-8-10-21(18-25)16-17-23-20-27(22-11-9-15-26(19-22)30(3)4)31(28-23)24-12-6-5-7-13-24/h5-20,27-28H,1-4H3. The van der Waals surface area contributed by atoms with Crippen LogP contribution in [0.2, 0.25) is 0 Å². The van der Waals surface area contributed by atoms with Crippen LogP contribution >= 0.6 is 0 Å². The summed E-state index contributed by atoms with van der Waals surface area (Å²) in [5, 5.41) is 2.23. The van der Waals surface area contributed by atoms with Crippen molar-refractivity contribution >= 4 is 23.1 Å². The quantitative estimate of drug-likeness (QED) is 0.581. The minimum Gasteiger partial charge on any atom is -0.378 e. The third-order valence-electron chi connectivity index (χ3n) is 5.47. The predicted molar refractivity (Wildman–Crippen MR) is 133 cm³/mol. The maximum absolute atomic E-state index is 3.60. The number of hydrogen-bond donors (Lipinski definition) is 1. The van der Waals surface area contributed by atoms with Gasteiger partial charge in [-0.2, -0.15) is 0 Å². The molecule has 1 unspecified atom stereocenters. The van der Waals surface area contributed by atoms with Crippen molar-refractivity contribution in [3.05, 3.63) is 108 Å². The van der Waals surface area contributed by atoms with Crippen molar-refractivity contribution < 1.29 is 0 Å². The second kappa shape index (κ2) is 9.00. The normalized spacial score (nSPS) is 15.7.